The van der Waals surface area contributed by atoms with Crippen LogP contribution in [0, 0.1) is 13.5 Å². The maximum atomic E-state index is 7.94. The van der Waals surface area contributed by atoms with Crippen LogP contribution in [0.3, 0.4) is 0 Å². The minimum atomic E-state index is 0.195. The van der Waals surface area contributed by atoms with E-state index in [1.54, 1.807) is 6.07 Å². The molecular weight excluding hydrogens is 284 g/mol. The van der Waals surface area contributed by atoms with Crippen molar-refractivity contribution in [3.63, 3.8) is 0 Å². The summed E-state index contributed by atoms with van der Waals surface area (Å²) < 4.78 is 16.1. The molecule has 0 amide bonds. The number of hydrogen-bond donors (Lipinski definition) is 0. The van der Waals surface area contributed by atoms with Gasteiger partial charge in [-0.05, 0) is 18.6 Å². The molecule has 2 aromatic carbocycles. The molecule has 0 radical (unpaired) electrons. The number of rotatable bonds is 1. The predicted molar refractivity (Wildman–Crippen MR) is 91.3 cm³/mol. The minimum Gasteiger partial charge on any atom is -0.466 e. The second-order valence-electron chi connectivity index (χ2n) is 5.61. The van der Waals surface area contributed by atoms with E-state index in [9.17, 15) is 0 Å². The molecule has 110 valence electrons. The van der Waals surface area contributed by atoms with Gasteiger partial charge in [-0.1, -0.05) is 30.3 Å². The average molecular weight is 300 g/mol. The van der Waals surface area contributed by atoms with Gasteiger partial charge in [0.1, 0.15) is 18.2 Å². The number of aryl methyl sites for hydroxylation is 2. The van der Waals surface area contributed by atoms with Crippen LogP contribution in [0.1, 0.15) is 6.93 Å². The molecule has 0 aliphatic carbocycles. The van der Waals surface area contributed by atoms with E-state index in [-0.39, 0.29) is 11.7 Å². The van der Waals surface area contributed by atoms with Gasteiger partial charge in [0, 0.05) is 24.3 Å². The number of pyridine rings is 1. The fraction of sp³-hybridized carbons (Fsp3) is 0.100. The first kappa shape index (κ1) is 12.4. The molecule has 0 unspecified atom stereocenters. The molecule has 0 aliphatic rings. The molecule has 3 nitrogen and oxygen atoms in total. The summed E-state index contributed by atoms with van der Waals surface area (Å²) in [5.74, 6) is 0. The molecule has 0 saturated heterocycles. The number of aromatic nitrogens is 1. The first-order valence-corrected chi connectivity index (χ1v) is 7.39. The van der Waals surface area contributed by atoms with Crippen molar-refractivity contribution in [2.45, 2.75) is 6.92 Å². The monoisotopic (exact) mass is 300 g/mol. The Morgan fingerprint density at radius 3 is 2.70 bits per heavy atom. The highest BCUT2D eigenvalue weighted by Crippen LogP contribution is 2.39. The Morgan fingerprint density at radius 2 is 1.91 bits per heavy atom. The zero-order valence-electron chi connectivity index (χ0n) is 13.9. The highest BCUT2D eigenvalue weighted by Gasteiger charge is 2.20. The van der Waals surface area contributed by atoms with Crippen LogP contribution in [0.5, 0.6) is 0 Å². The van der Waals surface area contributed by atoms with Crippen LogP contribution in [0.2, 0.25) is 0 Å². The molecule has 0 atom stereocenters. The Hall–Kier alpha value is -3.12. The van der Waals surface area contributed by atoms with E-state index >= 15 is 0 Å². The standard InChI is InChI=1S/C20H15N2O/c1-13-10-11-15-14-7-6-8-16(21-2)19(14)23-20(15)18(13)17-9-4-5-12-22(17)3/h4-12H,1,3H3/q+1/i8D. The Kier molecular flexibility index (Phi) is 2.68. The van der Waals surface area contributed by atoms with E-state index < -0.39 is 0 Å². The minimum absolute atomic E-state index is 0.195. The lowest BCUT2D eigenvalue weighted by atomic mass is 10.0. The largest absolute Gasteiger partial charge is 0.466 e. The van der Waals surface area contributed by atoms with Crippen LogP contribution >= 0.6 is 0 Å². The average Bonchev–Trinajstić information content (AvgIpc) is 2.94. The zero-order valence-corrected chi connectivity index (χ0v) is 12.9. The summed E-state index contributed by atoms with van der Waals surface area (Å²) in [6, 6.07) is 13.9. The molecule has 2 aromatic heterocycles. The van der Waals surface area contributed by atoms with E-state index in [4.69, 9.17) is 12.4 Å². The first-order valence-electron chi connectivity index (χ1n) is 7.89. The summed E-state index contributed by atoms with van der Waals surface area (Å²) in [5.41, 5.74) is 4.72. The third-order valence-electron chi connectivity index (χ3n) is 4.21. The van der Waals surface area contributed by atoms with Gasteiger partial charge >= 0.3 is 0 Å². The number of para-hydroxylation sites is 1. The maximum absolute atomic E-state index is 7.94. The van der Waals surface area contributed by atoms with Crippen LogP contribution in [0.15, 0.2) is 59.1 Å². The predicted octanol–water partition coefficient (Wildman–Crippen LogP) is 4.94. The van der Waals surface area contributed by atoms with E-state index in [1.807, 2.05) is 37.5 Å². The van der Waals surface area contributed by atoms with Crippen molar-refractivity contribution >= 4 is 27.6 Å². The molecule has 23 heavy (non-hydrogen) atoms. The Balaban J connectivity index is 2.20. The molecule has 4 rings (SSSR count). The van der Waals surface area contributed by atoms with E-state index in [0.717, 1.165) is 33.2 Å². The van der Waals surface area contributed by atoms with E-state index in [0.29, 0.717) is 5.58 Å². The van der Waals surface area contributed by atoms with Gasteiger partial charge in [-0.3, -0.25) is 0 Å². The summed E-state index contributed by atoms with van der Waals surface area (Å²) in [6.07, 6.45) is 2.00. The second kappa shape index (κ2) is 4.96. The molecule has 0 fully saturated rings. The highest BCUT2D eigenvalue weighted by molar-refractivity contribution is 6.12. The molecule has 0 saturated carbocycles. The van der Waals surface area contributed by atoms with E-state index in [1.165, 1.54) is 0 Å². The van der Waals surface area contributed by atoms with Gasteiger partial charge in [-0.15, -0.1) is 0 Å². The van der Waals surface area contributed by atoms with Crippen LogP contribution in [-0.4, -0.2) is 0 Å². The SMILES string of the molecule is [2H]c1ccc2c(oc3c(-c4cccc[n+]4C)c(C)ccc32)c1[N+]#[C-]. The smallest absolute Gasteiger partial charge is 0.229 e. The summed E-state index contributed by atoms with van der Waals surface area (Å²) in [6.45, 7) is 9.43. The third kappa shape index (κ3) is 1.92. The Bertz CT molecular complexity index is 1150. The number of nitrogens with zero attached hydrogens (tertiary/aromatic N) is 2. The summed E-state index contributed by atoms with van der Waals surface area (Å²) in [5, 5.41) is 1.85. The molecule has 0 N–H and O–H groups in total. The number of fused-ring (bicyclic) bond motifs is 3. The molecule has 3 heteroatoms. The lowest BCUT2D eigenvalue weighted by Crippen LogP contribution is -2.30. The van der Waals surface area contributed by atoms with Crippen molar-refractivity contribution in [2.75, 3.05) is 0 Å². The third-order valence-corrected chi connectivity index (χ3v) is 4.21. The zero-order chi connectivity index (χ0) is 16.8. The van der Waals surface area contributed by atoms with Gasteiger partial charge in [0.25, 0.3) is 0 Å². The second-order valence-corrected chi connectivity index (χ2v) is 5.61. The first-order chi connectivity index (χ1) is 11.6. The van der Waals surface area contributed by atoms with Crippen molar-refractivity contribution in [2.24, 2.45) is 7.05 Å². The van der Waals surface area contributed by atoms with Crippen LogP contribution < -0.4 is 4.57 Å². The molecule has 2 heterocycles. The fourth-order valence-corrected chi connectivity index (χ4v) is 3.07. The van der Waals surface area contributed by atoms with Gasteiger partial charge in [-0.25, -0.2) is 9.41 Å². The van der Waals surface area contributed by atoms with Crippen molar-refractivity contribution < 1.29 is 10.4 Å². The van der Waals surface area contributed by atoms with Gasteiger partial charge in [0.15, 0.2) is 6.20 Å². The van der Waals surface area contributed by atoms with Crippen molar-refractivity contribution in [3.8, 4) is 11.3 Å². The number of furan rings is 1. The fourth-order valence-electron chi connectivity index (χ4n) is 3.07. The number of hydrogen-bond acceptors (Lipinski definition) is 1. The Labute approximate surface area is 135 Å². The molecule has 0 spiro atoms. The van der Waals surface area contributed by atoms with Gasteiger partial charge in [0.05, 0.1) is 12.1 Å². The number of benzene rings is 2. The van der Waals surface area contributed by atoms with E-state index in [2.05, 4.69) is 28.5 Å². The van der Waals surface area contributed by atoms with Crippen LogP contribution in [-0.2, 0) is 7.05 Å². The molecule has 4 aromatic rings. The summed E-state index contributed by atoms with van der Waals surface area (Å²) in [4.78, 5) is 3.50. The van der Waals surface area contributed by atoms with Gasteiger partial charge < -0.3 is 4.42 Å². The van der Waals surface area contributed by atoms with Crippen molar-refractivity contribution in [1.82, 2.24) is 0 Å². The summed E-state index contributed by atoms with van der Waals surface area (Å²) in [7, 11) is 2.00. The van der Waals surface area contributed by atoms with Gasteiger partial charge in [0.2, 0.25) is 11.4 Å². The van der Waals surface area contributed by atoms with Crippen molar-refractivity contribution in [1.29, 1.82) is 0 Å². The van der Waals surface area contributed by atoms with Crippen molar-refractivity contribution in [3.05, 3.63) is 71.7 Å². The lowest BCUT2D eigenvalue weighted by molar-refractivity contribution is -0.660. The van der Waals surface area contributed by atoms with Crippen LogP contribution in [0.4, 0.5) is 5.69 Å². The molecule has 0 aliphatic heterocycles. The normalized spacial score (nSPS) is 11.6. The molecule has 0 bridgehead atoms. The highest BCUT2D eigenvalue weighted by atomic mass is 16.3. The topological polar surface area (TPSA) is 21.4 Å². The quantitative estimate of drug-likeness (QED) is 0.360. The maximum Gasteiger partial charge on any atom is 0.229 e. The van der Waals surface area contributed by atoms with Gasteiger partial charge in [-0.2, -0.15) is 0 Å². The molecular formula is C20H15N2O+. The Morgan fingerprint density at radius 1 is 1.09 bits per heavy atom. The summed E-state index contributed by atoms with van der Waals surface area (Å²) >= 11 is 0. The lowest BCUT2D eigenvalue weighted by Gasteiger charge is -2.05. The van der Waals surface area contributed by atoms with Crippen LogP contribution in [0.25, 0.3) is 38.0 Å².